The van der Waals surface area contributed by atoms with Crippen molar-refractivity contribution in [3.63, 3.8) is 0 Å². The molecule has 0 aromatic heterocycles. The second-order valence-corrected chi connectivity index (χ2v) is 15.8. The first-order valence-corrected chi connectivity index (χ1v) is 15.6. The van der Waals surface area contributed by atoms with Crippen LogP contribution in [0.3, 0.4) is 0 Å². The zero-order valence-corrected chi connectivity index (χ0v) is 22.8. The lowest BCUT2D eigenvalue weighted by molar-refractivity contribution is -0.231. The first-order chi connectivity index (χ1) is 16.3. The highest BCUT2D eigenvalue weighted by Gasteiger charge is 2.59. The average Bonchev–Trinajstić information content (AvgIpc) is 2.83. The lowest BCUT2D eigenvalue weighted by Gasteiger charge is -2.63. The zero-order chi connectivity index (χ0) is 23.7. The number of ether oxygens (including phenoxy) is 2. The van der Waals surface area contributed by atoms with Gasteiger partial charge in [-0.15, -0.1) is 23.5 Å². The molecule has 0 spiro atoms. The predicted octanol–water partition coefficient (Wildman–Crippen LogP) is 6.62. The molecule has 8 rings (SSSR count). The van der Waals surface area contributed by atoms with Gasteiger partial charge in [-0.2, -0.15) is 0 Å². The van der Waals surface area contributed by atoms with E-state index in [1.54, 1.807) is 0 Å². The Morgan fingerprint density at radius 3 is 1.76 bits per heavy atom. The van der Waals surface area contributed by atoms with Crippen molar-refractivity contribution in [1.29, 1.82) is 0 Å². The zero-order valence-electron chi connectivity index (χ0n) is 21.2. The van der Waals surface area contributed by atoms with E-state index >= 15 is 0 Å². The summed E-state index contributed by atoms with van der Waals surface area (Å²) in [5, 5.41) is 13.9. The second-order valence-electron chi connectivity index (χ2n) is 12.9. The number of aliphatic hydroxyl groups excluding tert-OH is 1. The van der Waals surface area contributed by atoms with Gasteiger partial charge in [-0.25, -0.2) is 0 Å². The molecule has 7 aliphatic rings. The quantitative estimate of drug-likeness (QED) is 0.492. The fourth-order valence-corrected chi connectivity index (χ4v) is 11.8. The third kappa shape index (κ3) is 3.91. The molecule has 1 heterocycles. The van der Waals surface area contributed by atoms with Gasteiger partial charge in [0, 0.05) is 15.6 Å². The summed E-state index contributed by atoms with van der Waals surface area (Å²) in [6, 6.07) is 9.96. The molecule has 0 unspecified atom stereocenters. The third-order valence-corrected chi connectivity index (χ3v) is 14.0. The third-order valence-electron chi connectivity index (χ3n) is 11.0. The molecule has 6 aliphatic carbocycles. The SMILES string of the molecule is CC1(C)[C@H]2C[C@@H]3SCS[C@H]4C[C@H]5C[C@@H]([C@@H]4COC([C@@H](O)c4ccccc4)OC[C@H]3[C@@H]1C2)C5(C)C. The summed E-state index contributed by atoms with van der Waals surface area (Å²) < 4.78 is 13.2. The molecule has 0 radical (unpaired) electrons. The maximum Gasteiger partial charge on any atom is 0.187 e. The van der Waals surface area contributed by atoms with Crippen molar-refractivity contribution in [1.82, 2.24) is 0 Å². The molecule has 9 atom stereocenters. The van der Waals surface area contributed by atoms with E-state index in [1.807, 2.05) is 30.3 Å². The fourth-order valence-electron chi connectivity index (χ4n) is 8.29. The molecule has 188 valence electrons. The monoisotopic (exact) mass is 502 g/mol. The van der Waals surface area contributed by atoms with Crippen molar-refractivity contribution >= 4 is 23.5 Å². The Labute approximate surface area is 214 Å². The van der Waals surface area contributed by atoms with Crippen LogP contribution in [0.25, 0.3) is 0 Å². The van der Waals surface area contributed by atoms with Crippen LogP contribution in [-0.2, 0) is 9.47 Å². The lowest BCUT2D eigenvalue weighted by Crippen LogP contribution is -2.59. The minimum atomic E-state index is -0.752. The molecule has 3 nitrogen and oxygen atoms in total. The summed E-state index contributed by atoms with van der Waals surface area (Å²) in [4.78, 5) is 0. The van der Waals surface area contributed by atoms with Crippen molar-refractivity contribution in [2.24, 2.45) is 46.3 Å². The van der Waals surface area contributed by atoms with Gasteiger partial charge in [-0.3, -0.25) is 0 Å². The van der Waals surface area contributed by atoms with Crippen LogP contribution >= 0.6 is 23.5 Å². The lowest BCUT2D eigenvalue weighted by atomic mass is 9.45. The van der Waals surface area contributed by atoms with Gasteiger partial charge in [-0.1, -0.05) is 58.0 Å². The minimum absolute atomic E-state index is 0.422. The van der Waals surface area contributed by atoms with Crippen LogP contribution < -0.4 is 0 Å². The molecule has 1 N–H and O–H groups in total. The van der Waals surface area contributed by atoms with Gasteiger partial charge in [0.15, 0.2) is 6.29 Å². The van der Waals surface area contributed by atoms with Crippen molar-refractivity contribution in [3.8, 4) is 0 Å². The summed E-state index contributed by atoms with van der Waals surface area (Å²) in [6.07, 6.45) is 3.99. The van der Waals surface area contributed by atoms with Crippen LogP contribution in [-0.4, -0.2) is 40.2 Å². The van der Waals surface area contributed by atoms with E-state index in [9.17, 15) is 5.11 Å². The highest BCUT2D eigenvalue weighted by atomic mass is 32.2. The maximum atomic E-state index is 11.3. The van der Waals surface area contributed by atoms with E-state index in [-0.39, 0.29) is 0 Å². The molecule has 7 fully saturated rings. The van der Waals surface area contributed by atoms with Gasteiger partial charge in [0.25, 0.3) is 0 Å². The molecule has 34 heavy (non-hydrogen) atoms. The van der Waals surface area contributed by atoms with Crippen molar-refractivity contribution in [2.75, 3.05) is 18.3 Å². The first-order valence-electron chi connectivity index (χ1n) is 13.5. The Hall–Kier alpha value is -0.200. The number of hydrogen-bond donors (Lipinski definition) is 1. The summed E-state index contributed by atoms with van der Waals surface area (Å²) in [7, 11) is 0. The predicted molar refractivity (Wildman–Crippen MR) is 142 cm³/mol. The van der Waals surface area contributed by atoms with Crippen molar-refractivity contribution in [3.05, 3.63) is 35.9 Å². The Bertz CT molecular complexity index is 825. The van der Waals surface area contributed by atoms with Crippen molar-refractivity contribution in [2.45, 2.75) is 76.3 Å². The molecular formula is C29H42O3S2. The first kappa shape index (κ1) is 24.2. The van der Waals surface area contributed by atoms with Gasteiger partial charge in [0.05, 0.1) is 13.2 Å². The normalized spacial score (nSPS) is 45.7. The number of benzene rings is 1. The largest absolute Gasteiger partial charge is 0.383 e. The van der Waals surface area contributed by atoms with Gasteiger partial charge in [-0.05, 0) is 77.6 Å². The Balaban J connectivity index is 1.26. The number of hydrogen-bond acceptors (Lipinski definition) is 5. The second kappa shape index (κ2) is 8.97. The van der Waals surface area contributed by atoms with Gasteiger partial charge < -0.3 is 14.6 Å². The number of thioether (sulfide) groups is 2. The van der Waals surface area contributed by atoms with E-state index in [4.69, 9.17) is 9.47 Å². The fraction of sp³-hybridized carbons (Fsp3) is 0.793. The van der Waals surface area contributed by atoms with Crippen molar-refractivity contribution < 1.29 is 14.6 Å². The van der Waals surface area contributed by atoms with Crippen LogP contribution in [0.15, 0.2) is 30.3 Å². The summed E-state index contributed by atoms with van der Waals surface area (Å²) in [6.45, 7) is 11.2. The van der Waals surface area contributed by atoms with E-state index in [2.05, 4.69) is 51.2 Å². The molecule has 5 heteroatoms. The Kier molecular flexibility index (Phi) is 6.37. The standard InChI is InChI=1S/C29H42O3S2/c1-28(2)18-10-22(28)20-14-31-27(26(30)17-8-6-5-7-9-17)32-15-21-23-11-19(29(23,3)4)13-25(21)34-16-33-24(20)12-18/h5-9,18-27,30H,10-16H2,1-4H3/t18-,19-,20+,21+,22+,23+,24+,25+,26+/m1/s1. The maximum absolute atomic E-state index is 11.3. The van der Waals surface area contributed by atoms with Gasteiger partial charge in [0.2, 0.25) is 0 Å². The van der Waals surface area contributed by atoms with Crippen LogP contribution in [0.5, 0.6) is 0 Å². The van der Waals surface area contributed by atoms with Crippen LogP contribution in [0.2, 0.25) is 0 Å². The Morgan fingerprint density at radius 1 is 0.794 bits per heavy atom. The topological polar surface area (TPSA) is 38.7 Å². The summed E-state index contributed by atoms with van der Waals surface area (Å²) in [5.41, 5.74) is 1.73. The molecule has 1 aromatic carbocycles. The molecule has 1 aromatic rings. The minimum Gasteiger partial charge on any atom is -0.383 e. The highest BCUT2D eigenvalue weighted by Crippen LogP contribution is 2.65. The highest BCUT2D eigenvalue weighted by molar-refractivity contribution is 8.16. The smallest absolute Gasteiger partial charge is 0.187 e. The van der Waals surface area contributed by atoms with E-state index in [0.29, 0.717) is 46.4 Å². The molecule has 1 aliphatic heterocycles. The summed E-state index contributed by atoms with van der Waals surface area (Å²) in [5.74, 6) is 4.27. The molecule has 0 amide bonds. The number of rotatable bonds is 2. The van der Waals surface area contributed by atoms with E-state index in [0.717, 1.165) is 29.2 Å². The van der Waals surface area contributed by atoms with E-state index < -0.39 is 12.4 Å². The van der Waals surface area contributed by atoms with E-state index in [1.165, 1.54) is 30.8 Å². The molecule has 4 bridgehead atoms. The van der Waals surface area contributed by atoms with Gasteiger partial charge >= 0.3 is 0 Å². The molecule has 1 saturated heterocycles. The van der Waals surface area contributed by atoms with Crippen LogP contribution in [0.4, 0.5) is 0 Å². The number of aliphatic hydroxyl groups is 1. The van der Waals surface area contributed by atoms with Gasteiger partial charge in [0.1, 0.15) is 6.10 Å². The Morgan fingerprint density at radius 2 is 1.29 bits per heavy atom. The summed E-state index contributed by atoms with van der Waals surface area (Å²) >= 11 is 4.42. The molecule has 6 saturated carbocycles. The molecular weight excluding hydrogens is 460 g/mol. The average molecular weight is 503 g/mol. The van der Waals surface area contributed by atoms with Crippen LogP contribution in [0, 0.1) is 46.3 Å². The van der Waals surface area contributed by atoms with Crippen LogP contribution in [0.1, 0.15) is 65.0 Å².